The summed E-state index contributed by atoms with van der Waals surface area (Å²) in [4.78, 5) is 14.5. The molecule has 2 aliphatic rings. The highest BCUT2D eigenvalue weighted by Gasteiger charge is 2.23. The first-order valence-corrected chi connectivity index (χ1v) is 10.7. The Morgan fingerprint density at radius 1 is 1.04 bits per heavy atom. The minimum atomic E-state index is 0.263. The second kappa shape index (κ2) is 9.32. The maximum absolute atomic E-state index is 12.5. The molecule has 1 aromatic carbocycles. The summed E-state index contributed by atoms with van der Waals surface area (Å²) in [6.45, 7) is 2.25. The number of nitrogens with one attached hydrogen (secondary N) is 1. The van der Waals surface area contributed by atoms with E-state index in [1.54, 1.807) is 0 Å². The molecular weight excluding hydrogens is 350 g/mol. The van der Waals surface area contributed by atoms with Crippen molar-refractivity contribution in [2.24, 2.45) is 0 Å². The highest BCUT2D eigenvalue weighted by Crippen LogP contribution is 2.28. The summed E-state index contributed by atoms with van der Waals surface area (Å²) < 4.78 is 2.27. The summed E-state index contributed by atoms with van der Waals surface area (Å²) in [6.07, 6.45) is 10.8. The van der Waals surface area contributed by atoms with Crippen molar-refractivity contribution in [1.29, 1.82) is 0 Å². The lowest BCUT2D eigenvalue weighted by Crippen LogP contribution is -2.32. The summed E-state index contributed by atoms with van der Waals surface area (Å²) in [5.41, 5.74) is 1.20. The first-order chi connectivity index (χ1) is 13.8. The molecule has 4 rings (SSSR count). The topological polar surface area (TPSA) is 63.1 Å². The van der Waals surface area contributed by atoms with Crippen LogP contribution in [-0.2, 0) is 17.9 Å². The zero-order valence-corrected chi connectivity index (χ0v) is 16.6. The van der Waals surface area contributed by atoms with Gasteiger partial charge in [0, 0.05) is 31.6 Å². The Hall–Kier alpha value is -2.21. The summed E-state index contributed by atoms with van der Waals surface area (Å²) in [5, 5.41) is 12.2. The molecule has 1 atom stereocenters. The van der Waals surface area contributed by atoms with Gasteiger partial charge in [-0.25, -0.2) is 0 Å². The van der Waals surface area contributed by atoms with Gasteiger partial charge in [0.2, 0.25) is 5.91 Å². The summed E-state index contributed by atoms with van der Waals surface area (Å²) in [6, 6.07) is 11.2. The van der Waals surface area contributed by atoms with Gasteiger partial charge in [-0.15, -0.1) is 10.2 Å². The number of carbonyl (C=O) groups excluding carboxylic acids is 1. The maximum atomic E-state index is 12.5. The normalized spacial score (nSPS) is 21.6. The number of carbonyl (C=O) groups is 1. The second-order valence-electron chi connectivity index (χ2n) is 8.15. The molecule has 1 aliphatic heterocycles. The lowest BCUT2D eigenvalue weighted by Gasteiger charge is -2.24. The molecule has 0 bridgehead atoms. The number of nitrogens with zero attached hydrogens (tertiary/aromatic N) is 4. The number of aromatic nitrogens is 3. The van der Waals surface area contributed by atoms with E-state index in [1.807, 2.05) is 29.4 Å². The quantitative estimate of drug-likeness (QED) is 0.832. The Morgan fingerprint density at radius 2 is 1.86 bits per heavy atom. The minimum absolute atomic E-state index is 0.263. The van der Waals surface area contributed by atoms with E-state index in [0.717, 1.165) is 31.8 Å². The molecule has 2 heterocycles. The standard InChI is InChI=1S/C22H31N5O/c28-22-12-11-19(13-14-26(22)16-18-7-3-1-4-8-18)23-15-21-25-24-17-27(21)20-9-5-2-6-10-20/h1,3-4,7-8,17,19-20,23H,2,5-6,9-16H2/t19-/m1/s1. The van der Waals surface area contributed by atoms with Gasteiger partial charge in [0.15, 0.2) is 0 Å². The Kier molecular flexibility index (Phi) is 6.37. The summed E-state index contributed by atoms with van der Waals surface area (Å²) >= 11 is 0. The fourth-order valence-corrected chi connectivity index (χ4v) is 4.50. The average Bonchev–Trinajstić information content (AvgIpc) is 3.15. The lowest BCUT2D eigenvalue weighted by molar-refractivity contribution is -0.131. The van der Waals surface area contributed by atoms with Crippen LogP contribution in [0.15, 0.2) is 36.7 Å². The van der Waals surface area contributed by atoms with Crippen molar-refractivity contribution in [3.63, 3.8) is 0 Å². The van der Waals surface area contributed by atoms with Gasteiger partial charge in [-0.05, 0) is 31.2 Å². The van der Waals surface area contributed by atoms with Crippen LogP contribution in [0, 0.1) is 0 Å². The van der Waals surface area contributed by atoms with Crippen molar-refractivity contribution in [2.75, 3.05) is 6.54 Å². The van der Waals surface area contributed by atoms with Crippen LogP contribution in [0.3, 0.4) is 0 Å². The van der Waals surface area contributed by atoms with Crippen molar-refractivity contribution in [1.82, 2.24) is 25.0 Å². The van der Waals surface area contributed by atoms with Crippen LogP contribution < -0.4 is 5.32 Å². The van der Waals surface area contributed by atoms with Gasteiger partial charge in [-0.3, -0.25) is 4.79 Å². The molecule has 1 aliphatic carbocycles. The molecule has 1 saturated heterocycles. The van der Waals surface area contributed by atoms with E-state index in [2.05, 4.69) is 32.2 Å². The molecule has 6 nitrogen and oxygen atoms in total. The molecule has 0 spiro atoms. The van der Waals surface area contributed by atoms with Gasteiger partial charge in [0.1, 0.15) is 12.2 Å². The molecule has 0 radical (unpaired) electrons. The molecule has 1 aromatic heterocycles. The molecule has 28 heavy (non-hydrogen) atoms. The van der Waals surface area contributed by atoms with Gasteiger partial charge in [0.25, 0.3) is 0 Å². The van der Waals surface area contributed by atoms with E-state index >= 15 is 0 Å². The van der Waals surface area contributed by atoms with Crippen molar-refractivity contribution in [2.45, 2.75) is 76.5 Å². The van der Waals surface area contributed by atoms with E-state index in [0.29, 0.717) is 25.0 Å². The number of amides is 1. The van der Waals surface area contributed by atoms with Crippen molar-refractivity contribution >= 4 is 5.91 Å². The molecule has 6 heteroatoms. The number of hydrogen-bond donors (Lipinski definition) is 1. The van der Waals surface area contributed by atoms with Crippen LogP contribution in [0.25, 0.3) is 0 Å². The molecular formula is C22H31N5O. The first kappa shape index (κ1) is 19.1. The predicted octanol–water partition coefficient (Wildman–Crippen LogP) is 3.45. The van der Waals surface area contributed by atoms with E-state index in [9.17, 15) is 4.79 Å². The van der Waals surface area contributed by atoms with Gasteiger partial charge in [0.05, 0.1) is 6.54 Å². The fourth-order valence-electron chi connectivity index (χ4n) is 4.50. The third-order valence-electron chi connectivity index (χ3n) is 6.19. The lowest BCUT2D eigenvalue weighted by atomic mass is 9.95. The Morgan fingerprint density at radius 3 is 2.68 bits per heavy atom. The monoisotopic (exact) mass is 381 g/mol. The third-order valence-corrected chi connectivity index (χ3v) is 6.19. The van der Waals surface area contributed by atoms with E-state index in [1.165, 1.54) is 37.7 Å². The van der Waals surface area contributed by atoms with Crippen LogP contribution in [-0.4, -0.2) is 38.2 Å². The van der Waals surface area contributed by atoms with Gasteiger partial charge in [-0.2, -0.15) is 0 Å². The molecule has 1 N–H and O–H groups in total. The van der Waals surface area contributed by atoms with E-state index < -0.39 is 0 Å². The molecule has 2 aromatic rings. The second-order valence-corrected chi connectivity index (χ2v) is 8.15. The Labute approximate surface area is 167 Å². The molecule has 1 saturated carbocycles. The zero-order valence-electron chi connectivity index (χ0n) is 16.6. The van der Waals surface area contributed by atoms with Gasteiger partial charge in [-0.1, -0.05) is 49.6 Å². The van der Waals surface area contributed by atoms with E-state index in [-0.39, 0.29) is 5.91 Å². The first-order valence-electron chi connectivity index (χ1n) is 10.7. The summed E-state index contributed by atoms with van der Waals surface area (Å²) in [5.74, 6) is 1.29. The van der Waals surface area contributed by atoms with Crippen LogP contribution in [0.2, 0.25) is 0 Å². The highest BCUT2D eigenvalue weighted by molar-refractivity contribution is 5.76. The van der Waals surface area contributed by atoms with Crippen LogP contribution in [0.4, 0.5) is 0 Å². The molecule has 150 valence electrons. The molecule has 1 amide bonds. The van der Waals surface area contributed by atoms with Crippen molar-refractivity contribution in [3.8, 4) is 0 Å². The SMILES string of the molecule is O=C1CC[C@@H](NCc2nncn2C2CCCCC2)CCN1Cc1ccccc1. The molecule has 0 unspecified atom stereocenters. The molecule has 2 fully saturated rings. The third kappa shape index (κ3) is 4.79. The van der Waals surface area contributed by atoms with Crippen LogP contribution >= 0.6 is 0 Å². The Balaban J connectivity index is 1.30. The number of rotatable bonds is 6. The van der Waals surface area contributed by atoms with Crippen LogP contribution in [0.1, 0.15) is 68.8 Å². The average molecular weight is 382 g/mol. The number of benzene rings is 1. The van der Waals surface area contributed by atoms with Gasteiger partial charge >= 0.3 is 0 Å². The smallest absolute Gasteiger partial charge is 0.222 e. The predicted molar refractivity (Wildman–Crippen MR) is 108 cm³/mol. The van der Waals surface area contributed by atoms with Crippen molar-refractivity contribution in [3.05, 3.63) is 48.0 Å². The van der Waals surface area contributed by atoms with E-state index in [4.69, 9.17) is 0 Å². The van der Waals surface area contributed by atoms with Gasteiger partial charge < -0.3 is 14.8 Å². The Bertz CT molecular complexity index is 753. The number of hydrogen-bond acceptors (Lipinski definition) is 4. The van der Waals surface area contributed by atoms with Crippen molar-refractivity contribution < 1.29 is 4.79 Å². The minimum Gasteiger partial charge on any atom is -0.338 e. The maximum Gasteiger partial charge on any atom is 0.222 e. The number of likely N-dealkylation sites (tertiary alicyclic amines) is 1. The fraction of sp³-hybridized carbons (Fsp3) is 0.591. The summed E-state index contributed by atoms with van der Waals surface area (Å²) in [7, 11) is 0. The zero-order chi connectivity index (χ0) is 19.2. The van der Waals surface area contributed by atoms with Crippen LogP contribution in [0.5, 0.6) is 0 Å². The highest BCUT2D eigenvalue weighted by atomic mass is 16.2. The largest absolute Gasteiger partial charge is 0.338 e.